The predicted molar refractivity (Wildman–Crippen MR) is 98.0 cm³/mol. The Labute approximate surface area is 157 Å². The summed E-state index contributed by atoms with van der Waals surface area (Å²) in [5.74, 6) is -0.406. The van der Waals surface area contributed by atoms with Crippen LogP contribution in [-0.2, 0) is 9.59 Å². The number of carbonyl (C=O) groups excluding carboxylic acids is 2. The van der Waals surface area contributed by atoms with E-state index in [0.29, 0.717) is 34.4 Å². The summed E-state index contributed by atoms with van der Waals surface area (Å²) in [4.78, 5) is 26.6. The van der Waals surface area contributed by atoms with Crippen molar-refractivity contribution in [2.45, 2.75) is 50.2 Å². The summed E-state index contributed by atoms with van der Waals surface area (Å²) in [7, 11) is 0. The Morgan fingerprint density at radius 2 is 1.76 bits per heavy atom. The molecule has 7 heteroatoms. The van der Waals surface area contributed by atoms with Gasteiger partial charge in [0.2, 0.25) is 11.8 Å². The first kappa shape index (κ1) is 17.1. The maximum Gasteiger partial charge on any atom is 0.227 e. The fourth-order valence-corrected chi connectivity index (χ4v) is 4.84. The molecule has 3 aliphatic heterocycles. The van der Waals surface area contributed by atoms with Gasteiger partial charge in [-0.3, -0.25) is 9.59 Å². The predicted octanol–water partition coefficient (Wildman–Crippen LogP) is 2.75. The number of anilines is 1. The molecule has 5 nitrogen and oxygen atoms in total. The third-order valence-electron chi connectivity index (χ3n) is 5.47. The van der Waals surface area contributed by atoms with E-state index in [0.717, 1.165) is 12.8 Å². The van der Waals surface area contributed by atoms with Crippen molar-refractivity contribution >= 4 is 40.7 Å². The zero-order chi connectivity index (χ0) is 17.6. The molecule has 1 aromatic rings. The van der Waals surface area contributed by atoms with Crippen LogP contribution in [0.2, 0.25) is 10.0 Å². The third-order valence-corrected chi connectivity index (χ3v) is 5.91. The molecule has 1 aromatic carbocycles. The van der Waals surface area contributed by atoms with E-state index in [2.05, 4.69) is 10.6 Å². The molecule has 25 heavy (non-hydrogen) atoms. The third kappa shape index (κ3) is 3.64. The highest BCUT2D eigenvalue weighted by atomic mass is 35.5. The van der Waals surface area contributed by atoms with E-state index in [1.165, 1.54) is 12.8 Å². The van der Waals surface area contributed by atoms with Crippen LogP contribution in [0.25, 0.3) is 0 Å². The standard InChI is InChI=1S/C18H21Cl2N3O2/c19-11-4-12(20)6-16(5-11)23-9-10(3-17(23)24)18(25)22-15-7-13-1-2-14(8-15)21-13/h4-6,10,13-15,21H,1-3,7-9H2,(H,22,25). The van der Waals surface area contributed by atoms with Gasteiger partial charge in [-0.05, 0) is 43.9 Å². The van der Waals surface area contributed by atoms with E-state index in [4.69, 9.17) is 23.2 Å². The Kier molecular flexibility index (Phi) is 4.65. The zero-order valence-corrected chi connectivity index (χ0v) is 15.3. The van der Waals surface area contributed by atoms with Crippen molar-refractivity contribution in [3.63, 3.8) is 0 Å². The summed E-state index contributed by atoms with van der Waals surface area (Å²) in [5, 5.41) is 7.70. The number of hydrogen-bond acceptors (Lipinski definition) is 3. The quantitative estimate of drug-likeness (QED) is 0.845. The van der Waals surface area contributed by atoms with Crippen molar-refractivity contribution in [1.29, 1.82) is 0 Å². The summed E-state index contributed by atoms with van der Waals surface area (Å²) in [5.41, 5.74) is 0.651. The SMILES string of the molecule is O=C(NC1CC2CCC(C1)N2)C1CC(=O)N(c2cc(Cl)cc(Cl)c2)C1. The number of piperidine rings is 1. The molecule has 2 bridgehead atoms. The minimum absolute atomic E-state index is 0.0183. The van der Waals surface area contributed by atoms with Gasteiger partial charge < -0.3 is 15.5 Å². The zero-order valence-electron chi connectivity index (χ0n) is 13.8. The Morgan fingerprint density at radius 3 is 2.40 bits per heavy atom. The van der Waals surface area contributed by atoms with Crippen molar-refractivity contribution in [3.8, 4) is 0 Å². The Morgan fingerprint density at radius 1 is 1.12 bits per heavy atom. The number of amides is 2. The second-order valence-electron chi connectivity index (χ2n) is 7.35. The molecule has 0 aromatic heterocycles. The van der Waals surface area contributed by atoms with Crippen LogP contribution in [0.4, 0.5) is 5.69 Å². The molecule has 2 amide bonds. The van der Waals surface area contributed by atoms with Crippen LogP contribution in [0.3, 0.4) is 0 Å². The number of nitrogens with zero attached hydrogens (tertiary/aromatic N) is 1. The van der Waals surface area contributed by atoms with Gasteiger partial charge in [0.1, 0.15) is 0 Å². The van der Waals surface area contributed by atoms with E-state index in [9.17, 15) is 9.59 Å². The molecule has 4 rings (SSSR count). The number of benzene rings is 1. The topological polar surface area (TPSA) is 61.4 Å². The molecule has 0 radical (unpaired) electrons. The van der Waals surface area contributed by atoms with Gasteiger partial charge >= 0.3 is 0 Å². The summed E-state index contributed by atoms with van der Waals surface area (Å²) < 4.78 is 0. The van der Waals surface area contributed by atoms with Gasteiger partial charge in [-0.25, -0.2) is 0 Å². The van der Waals surface area contributed by atoms with Crippen LogP contribution in [0, 0.1) is 5.92 Å². The molecule has 134 valence electrons. The maximum absolute atomic E-state index is 12.6. The minimum Gasteiger partial charge on any atom is -0.353 e. The van der Waals surface area contributed by atoms with Crippen LogP contribution in [-0.4, -0.2) is 36.5 Å². The molecule has 3 fully saturated rings. The van der Waals surface area contributed by atoms with E-state index in [1.54, 1.807) is 23.1 Å². The first-order valence-electron chi connectivity index (χ1n) is 8.81. The number of rotatable bonds is 3. The van der Waals surface area contributed by atoms with Crippen LogP contribution in [0.15, 0.2) is 18.2 Å². The molecule has 0 saturated carbocycles. The lowest BCUT2D eigenvalue weighted by Crippen LogP contribution is -2.49. The number of hydrogen-bond donors (Lipinski definition) is 2. The molecule has 3 unspecified atom stereocenters. The summed E-state index contributed by atoms with van der Waals surface area (Å²) in [6.45, 7) is 0.374. The summed E-state index contributed by atoms with van der Waals surface area (Å²) in [6, 6.07) is 6.31. The van der Waals surface area contributed by atoms with E-state index >= 15 is 0 Å². The van der Waals surface area contributed by atoms with Crippen molar-refractivity contribution in [2.75, 3.05) is 11.4 Å². The largest absolute Gasteiger partial charge is 0.353 e. The van der Waals surface area contributed by atoms with Crippen LogP contribution >= 0.6 is 23.2 Å². The van der Waals surface area contributed by atoms with E-state index < -0.39 is 0 Å². The smallest absolute Gasteiger partial charge is 0.227 e. The number of nitrogens with one attached hydrogen (secondary N) is 2. The second kappa shape index (κ2) is 6.78. The lowest BCUT2D eigenvalue weighted by molar-refractivity contribution is -0.127. The van der Waals surface area contributed by atoms with Gasteiger partial charge in [0.05, 0.1) is 5.92 Å². The molecular weight excluding hydrogens is 361 g/mol. The highest BCUT2D eigenvalue weighted by Gasteiger charge is 2.38. The molecule has 3 aliphatic rings. The number of fused-ring (bicyclic) bond motifs is 2. The minimum atomic E-state index is -0.321. The molecule has 3 saturated heterocycles. The molecule has 0 aliphatic carbocycles. The van der Waals surface area contributed by atoms with Crippen molar-refractivity contribution < 1.29 is 9.59 Å². The molecular formula is C18H21Cl2N3O2. The Hall–Kier alpha value is -1.30. The van der Waals surface area contributed by atoms with Gasteiger partial charge in [0.25, 0.3) is 0 Å². The summed E-state index contributed by atoms with van der Waals surface area (Å²) >= 11 is 12.1. The van der Waals surface area contributed by atoms with Crippen LogP contribution < -0.4 is 15.5 Å². The average molecular weight is 382 g/mol. The number of carbonyl (C=O) groups is 2. The van der Waals surface area contributed by atoms with E-state index in [-0.39, 0.29) is 30.2 Å². The molecule has 0 spiro atoms. The highest BCUT2D eigenvalue weighted by Crippen LogP contribution is 2.31. The highest BCUT2D eigenvalue weighted by molar-refractivity contribution is 6.35. The first-order chi connectivity index (χ1) is 12.0. The van der Waals surface area contributed by atoms with Crippen molar-refractivity contribution in [3.05, 3.63) is 28.2 Å². The molecule has 2 N–H and O–H groups in total. The first-order valence-corrected chi connectivity index (χ1v) is 9.56. The van der Waals surface area contributed by atoms with Crippen molar-refractivity contribution in [1.82, 2.24) is 10.6 Å². The normalized spacial score (nSPS) is 31.4. The second-order valence-corrected chi connectivity index (χ2v) is 8.22. The van der Waals surface area contributed by atoms with E-state index in [1.807, 2.05) is 0 Å². The maximum atomic E-state index is 12.6. The van der Waals surface area contributed by atoms with Crippen molar-refractivity contribution in [2.24, 2.45) is 5.92 Å². The Bertz CT molecular complexity index is 679. The van der Waals surface area contributed by atoms with Gasteiger partial charge in [0, 0.05) is 46.8 Å². The van der Waals surface area contributed by atoms with Crippen LogP contribution in [0.1, 0.15) is 32.1 Å². The molecule has 3 atom stereocenters. The monoisotopic (exact) mass is 381 g/mol. The number of halogens is 2. The fourth-order valence-electron chi connectivity index (χ4n) is 4.32. The van der Waals surface area contributed by atoms with Gasteiger partial charge in [0.15, 0.2) is 0 Å². The average Bonchev–Trinajstić information content (AvgIpc) is 3.09. The van der Waals surface area contributed by atoms with Crippen LogP contribution in [0.5, 0.6) is 0 Å². The molecule has 3 heterocycles. The van der Waals surface area contributed by atoms with Gasteiger partial charge in [-0.15, -0.1) is 0 Å². The van der Waals surface area contributed by atoms with Gasteiger partial charge in [-0.1, -0.05) is 23.2 Å². The fraction of sp³-hybridized carbons (Fsp3) is 0.556. The lowest BCUT2D eigenvalue weighted by Gasteiger charge is -2.30. The Balaban J connectivity index is 1.40. The summed E-state index contributed by atoms with van der Waals surface area (Å²) in [6.07, 6.45) is 4.59. The lowest BCUT2D eigenvalue weighted by atomic mass is 9.98. The van der Waals surface area contributed by atoms with Gasteiger partial charge in [-0.2, -0.15) is 0 Å².